The Morgan fingerprint density at radius 1 is 0.952 bits per heavy atom. The van der Waals surface area contributed by atoms with E-state index in [0.717, 1.165) is 28.1 Å². The predicted octanol–water partition coefficient (Wildman–Crippen LogP) is 7.60. The molecule has 0 spiro atoms. The zero-order chi connectivity index (χ0) is 29.6. The van der Waals surface area contributed by atoms with Gasteiger partial charge in [-0.05, 0) is 87.5 Å². The van der Waals surface area contributed by atoms with Crippen LogP contribution in [0.25, 0.3) is 16.8 Å². The Morgan fingerprint density at radius 3 is 2.48 bits per heavy atom. The number of imide groups is 1. The highest BCUT2D eigenvalue weighted by Gasteiger charge is 2.35. The smallest absolute Gasteiger partial charge is 0.293 e. The lowest BCUT2D eigenvalue weighted by atomic mass is 10.1. The van der Waals surface area contributed by atoms with Crippen LogP contribution in [0.5, 0.6) is 17.2 Å². The lowest BCUT2D eigenvalue weighted by Gasteiger charge is -2.15. The van der Waals surface area contributed by atoms with Crippen molar-refractivity contribution in [3.05, 3.63) is 109 Å². The van der Waals surface area contributed by atoms with Crippen LogP contribution in [0.4, 0.5) is 10.5 Å². The van der Waals surface area contributed by atoms with E-state index in [2.05, 4.69) is 15.9 Å². The van der Waals surface area contributed by atoms with E-state index in [1.54, 1.807) is 30.3 Å². The first-order chi connectivity index (χ1) is 20.3. The van der Waals surface area contributed by atoms with E-state index < -0.39 is 4.92 Å². The standard InChI is InChI=1S/C31H25BrN2O7S/c1-2-39-27-17-21(16-25(32)29(27)41-19-20-10-12-23(13-11-20)34(37)38)18-28-30(35)33(31(36)42-28)14-15-40-26-9-5-7-22-6-3-4-8-24(22)26/h3-13,16-18H,2,14-15,19H2,1H3/b28-18-. The number of carbonyl (C=O) groups is 2. The Morgan fingerprint density at radius 2 is 1.71 bits per heavy atom. The molecule has 0 bridgehead atoms. The summed E-state index contributed by atoms with van der Waals surface area (Å²) in [5.74, 6) is 1.20. The third-order valence-electron chi connectivity index (χ3n) is 6.36. The molecular weight excluding hydrogens is 624 g/mol. The summed E-state index contributed by atoms with van der Waals surface area (Å²) >= 11 is 4.40. The minimum Gasteiger partial charge on any atom is -0.491 e. The molecule has 0 radical (unpaired) electrons. The van der Waals surface area contributed by atoms with Crippen LogP contribution in [0.15, 0.2) is 88.2 Å². The molecule has 1 aliphatic rings. The fraction of sp³-hybridized carbons (Fsp3) is 0.161. The number of nitro benzene ring substituents is 1. The number of halogens is 1. The van der Waals surface area contributed by atoms with Crippen LogP contribution in [0, 0.1) is 10.1 Å². The van der Waals surface area contributed by atoms with E-state index in [-0.39, 0.29) is 36.6 Å². The molecule has 0 unspecified atom stereocenters. The van der Waals surface area contributed by atoms with Crippen molar-refractivity contribution in [2.45, 2.75) is 13.5 Å². The first-order valence-corrected chi connectivity index (χ1v) is 14.6. The van der Waals surface area contributed by atoms with Gasteiger partial charge in [-0.15, -0.1) is 0 Å². The number of ether oxygens (including phenoxy) is 3. The van der Waals surface area contributed by atoms with E-state index in [4.69, 9.17) is 14.2 Å². The SMILES string of the molecule is CCOc1cc(/C=C2\SC(=O)N(CCOc3cccc4ccccc34)C2=O)cc(Br)c1OCc1ccc([N+](=O)[O-])cc1. The second-order valence-electron chi connectivity index (χ2n) is 9.13. The van der Waals surface area contributed by atoms with Crippen LogP contribution in [0.2, 0.25) is 0 Å². The van der Waals surface area contributed by atoms with Gasteiger partial charge in [0.2, 0.25) is 0 Å². The summed E-state index contributed by atoms with van der Waals surface area (Å²) in [6.45, 7) is 2.66. The summed E-state index contributed by atoms with van der Waals surface area (Å²) < 4.78 is 18.3. The molecular formula is C31H25BrN2O7S. The van der Waals surface area contributed by atoms with Crippen LogP contribution in [-0.2, 0) is 11.4 Å². The van der Waals surface area contributed by atoms with Gasteiger partial charge in [-0.3, -0.25) is 24.6 Å². The lowest BCUT2D eigenvalue weighted by Crippen LogP contribution is -2.32. The molecule has 4 aromatic rings. The summed E-state index contributed by atoms with van der Waals surface area (Å²) in [7, 11) is 0. The molecule has 1 saturated heterocycles. The highest BCUT2D eigenvalue weighted by atomic mass is 79.9. The molecule has 4 aromatic carbocycles. The zero-order valence-electron chi connectivity index (χ0n) is 22.4. The average Bonchev–Trinajstić information content (AvgIpc) is 3.24. The third kappa shape index (κ3) is 6.58. The van der Waals surface area contributed by atoms with Gasteiger partial charge in [0.05, 0.1) is 27.5 Å². The van der Waals surface area contributed by atoms with Gasteiger partial charge in [-0.2, -0.15) is 0 Å². The van der Waals surface area contributed by atoms with Crippen molar-refractivity contribution >= 4 is 61.4 Å². The number of hydrogen-bond acceptors (Lipinski definition) is 8. The highest BCUT2D eigenvalue weighted by molar-refractivity contribution is 9.10. The Bertz CT molecular complexity index is 1690. The zero-order valence-corrected chi connectivity index (χ0v) is 24.9. The number of hydrogen-bond donors (Lipinski definition) is 0. The summed E-state index contributed by atoms with van der Waals surface area (Å²) in [6.07, 6.45) is 1.64. The Balaban J connectivity index is 1.27. The average molecular weight is 650 g/mol. The molecule has 214 valence electrons. The van der Waals surface area contributed by atoms with Crippen LogP contribution >= 0.6 is 27.7 Å². The molecule has 1 heterocycles. The largest absolute Gasteiger partial charge is 0.491 e. The summed E-state index contributed by atoms with van der Waals surface area (Å²) in [5, 5.41) is 12.5. The van der Waals surface area contributed by atoms with Crippen molar-refractivity contribution in [1.29, 1.82) is 0 Å². The summed E-state index contributed by atoms with van der Waals surface area (Å²) in [5.41, 5.74) is 1.39. The van der Waals surface area contributed by atoms with Crippen molar-refractivity contribution in [3.63, 3.8) is 0 Å². The molecule has 9 nitrogen and oxygen atoms in total. The summed E-state index contributed by atoms with van der Waals surface area (Å²) in [6, 6.07) is 23.2. The molecule has 0 aliphatic carbocycles. The van der Waals surface area contributed by atoms with Gasteiger partial charge in [0.15, 0.2) is 11.5 Å². The third-order valence-corrected chi connectivity index (χ3v) is 7.85. The van der Waals surface area contributed by atoms with Crippen molar-refractivity contribution in [2.75, 3.05) is 19.8 Å². The minimum absolute atomic E-state index is 0.000967. The van der Waals surface area contributed by atoms with Crippen molar-refractivity contribution in [1.82, 2.24) is 4.90 Å². The van der Waals surface area contributed by atoms with Crippen molar-refractivity contribution in [3.8, 4) is 17.2 Å². The molecule has 1 aliphatic heterocycles. The molecule has 2 amide bonds. The number of fused-ring (bicyclic) bond motifs is 1. The number of carbonyl (C=O) groups excluding carboxylic acids is 2. The monoisotopic (exact) mass is 648 g/mol. The van der Waals surface area contributed by atoms with Crippen molar-refractivity contribution in [2.24, 2.45) is 0 Å². The Labute approximate surface area is 254 Å². The lowest BCUT2D eigenvalue weighted by molar-refractivity contribution is -0.384. The van der Waals surface area contributed by atoms with Crippen LogP contribution in [-0.4, -0.2) is 40.7 Å². The van der Waals surface area contributed by atoms with E-state index in [9.17, 15) is 19.7 Å². The number of rotatable bonds is 11. The molecule has 42 heavy (non-hydrogen) atoms. The summed E-state index contributed by atoms with van der Waals surface area (Å²) in [4.78, 5) is 37.7. The number of amides is 2. The van der Waals surface area contributed by atoms with Crippen LogP contribution in [0.3, 0.4) is 0 Å². The van der Waals surface area contributed by atoms with Crippen LogP contribution < -0.4 is 14.2 Å². The van der Waals surface area contributed by atoms with Gasteiger partial charge in [-0.25, -0.2) is 0 Å². The van der Waals surface area contributed by atoms with Gasteiger partial charge in [0.25, 0.3) is 16.8 Å². The normalized spacial score (nSPS) is 14.0. The molecule has 5 rings (SSSR count). The predicted molar refractivity (Wildman–Crippen MR) is 165 cm³/mol. The number of nitrogens with zero attached hydrogens (tertiary/aromatic N) is 2. The van der Waals surface area contributed by atoms with E-state index >= 15 is 0 Å². The number of nitro groups is 1. The van der Waals surface area contributed by atoms with E-state index in [1.165, 1.54) is 17.0 Å². The first-order valence-electron chi connectivity index (χ1n) is 13.0. The molecule has 0 N–H and O–H groups in total. The van der Waals surface area contributed by atoms with E-state index in [0.29, 0.717) is 38.8 Å². The van der Waals surface area contributed by atoms with Crippen molar-refractivity contribution < 1.29 is 28.7 Å². The number of benzene rings is 4. The number of thioether (sulfide) groups is 1. The number of non-ortho nitro benzene ring substituents is 1. The van der Waals surface area contributed by atoms with Gasteiger partial charge < -0.3 is 14.2 Å². The molecule has 0 aromatic heterocycles. The topological polar surface area (TPSA) is 108 Å². The Kier molecular flexibility index (Phi) is 9.09. The maximum Gasteiger partial charge on any atom is 0.293 e. The quantitative estimate of drug-likeness (QED) is 0.0929. The minimum atomic E-state index is -0.456. The van der Waals surface area contributed by atoms with E-state index in [1.807, 2.05) is 49.4 Å². The molecule has 1 fully saturated rings. The van der Waals surface area contributed by atoms with Gasteiger partial charge >= 0.3 is 0 Å². The fourth-order valence-electron chi connectivity index (χ4n) is 4.36. The maximum absolute atomic E-state index is 13.1. The Hall–Kier alpha value is -4.35. The second kappa shape index (κ2) is 13.1. The molecule has 0 saturated carbocycles. The van der Waals surface area contributed by atoms with Gasteiger partial charge in [0, 0.05) is 17.5 Å². The second-order valence-corrected chi connectivity index (χ2v) is 11.0. The molecule has 11 heteroatoms. The first kappa shape index (κ1) is 29.2. The van der Waals surface area contributed by atoms with Gasteiger partial charge in [-0.1, -0.05) is 36.4 Å². The molecule has 0 atom stereocenters. The highest BCUT2D eigenvalue weighted by Crippen LogP contribution is 2.40. The van der Waals surface area contributed by atoms with Gasteiger partial charge in [0.1, 0.15) is 19.0 Å². The van der Waals surface area contributed by atoms with Crippen LogP contribution in [0.1, 0.15) is 18.1 Å². The fourth-order valence-corrected chi connectivity index (χ4v) is 5.80. The maximum atomic E-state index is 13.1.